The molecule has 3 aromatic heterocycles. The van der Waals surface area contributed by atoms with Crippen molar-refractivity contribution in [2.75, 3.05) is 11.9 Å². The van der Waals surface area contributed by atoms with Crippen LogP contribution in [0.4, 0.5) is 5.82 Å². The van der Waals surface area contributed by atoms with E-state index in [4.69, 9.17) is 23.2 Å². The Labute approximate surface area is 176 Å². The molecule has 0 aliphatic heterocycles. The van der Waals surface area contributed by atoms with Crippen LogP contribution in [0, 0.1) is 0 Å². The van der Waals surface area contributed by atoms with Crippen molar-refractivity contribution >= 4 is 29.0 Å². The molecule has 9 heteroatoms. The van der Waals surface area contributed by atoms with Gasteiger partial charge in [0.2, 0.25) is 0 Å². The van der Waals surface area contributed by atoms with Gasteiger partial charge in [0, 0.05) is 46.8 Å². The average molecular weight is 427 g/mol. The molecule has 3 heterocycles. The van der Waals surface area contributed by atoms with Crippen molar-refractivity contribution in [2.24, 2.45) is 0 Å². The number of nitrogens with zero attached hydrogens (tertiary/aromatic N) is 4. The van der Waals surface area contributed by atoms with Crippen LogP contribution in [0.3, 0.4) is 0 Å². The Balaban J connectivity index is 1.49. The molecule has 0 saturated carbocycles. The van der Waals surface area contributed by atoms with Crippen LogP contribution in [0.25, 0.3) is 16.9 Å². The highest BCUT2D eigenvalue weighted by atomic mass is 35.5. The summed E-state index contributed by atoms with van der Waals surface area (Å²) < 4.78 is 1.37. The molecule has 4 rings (SSSR count). The average Bonchev–Trinajstić information content (AvgIpc) is 3.12. The second-order valence-corrected chi connectivity index (χ2v) is 7.09. The number of aromatic amines is 1. The van der Waals surface area contributed by atoms with Gasteiger partial charge in [-0.2, -0.15) is 0 Å². The lowest BCUT2D eigenvalue weighted by Gasteiger charge is -2.08. The van der Waals surface area contributed by atoms with Crippen molar-refractivity contribution in [1.29, 1.82) is 0 Å². The summed E-state index contributed by atoms with van der Waals surface area (Å²) in [5.41, 5.74) is 2.03. The second kappa shape index (κ2) is 8.46. The fourth-order valence-electron chi connectivity index (χ4n) is 2.88. The predicted octanol–water partition coefficient (Wildman–Crippen LogP) is 3.98. The van der Waals surface area contributed by atoms with Gasteiger partial charge >= 0.3 is 0 Å². The van der Waals surface area contributed by atoms with Crippen molar-refractivity contribution in [3.8, 4) is 16.9 Å². The summed E-state index contributed by atoms with van der Waals surface area (Å²) in [4.78, 5) is 25.2. The first-order valence-electron chi connectivity index (χ1n) is 8.83. The molecule has 29 heavy (non-hydrogen) atoms. The predicted molar refractivity (Wildman–Crippen MR) is 114 cm³/mol. The van der Waals surface area contributed by atoms with Crippen LogP contribution < -0.4 is 10.9 Å². The number of anilines is 1. The van der Waals surface area contributed by atoms with Crippen LogP contribution in [-0.2, 0) is 6.42 Å². The summed E-state index contributed by atoms with van der Waals surface area (Å²) in [5, 5.41) is 7.39. The van der Waals surface area contributed by atoms with Gasteiger partial charge in [-0.05, 0) is 30.2 Å². The highest BCUT2D eigenvalue weighted by molar-refractivity contribution is 6.35. The topological polar surface area (TPSA) is 88.5 Å². The molecule has 0 aliphatic carbocycles. The first-order chi connectivity index (χ1) is 14.1. The number of aromatic nitrogens is 5. The second-order valence-electron chi connectivity index (χ2n) is 6.24. The number of nitrogens with one attached hydrogen (secondary N) is 2. The summed E-state index contributed by atoms with van der Waals surface area (Å²) in [7, 11) is 0. The molecular weight excluding hydrogens is 411 g/mol. The molecule has 0 bridgehead atoms. The van der Waals surface area contributed by atoms with Crippen molar-refractivity contribution in [3.63, 3.8) is 0 Å². The summed E-state index contributed by atoms with van der Waals surface area (Å²) >= 11 is 12.1. The van der Waals surface area contributed by atoms with Gasteiger partial charge in [0.15, 0.2) is 5.82 Å². The number of H-pyrrole nitrogens is 1. The molecule has 146 valence electrons. The SMILES string of the molecule is O=c1c(-c2cccnc2)c[nH]n1-c1cc(NCCc2ccc(Cl)cc2Cl)ncn1. The normalized spacial score (nSPS) is 10.8. The maximum Gasteiger partial charge on any atom is 0.280 e. The molecule has 0 atom stereocenters. The zero-order chi connectivity index (χ0) is 20.2. The van der Waals surface area contributed by atoms with E-state index < -0.39 is 0 Å². The van der Waals surface area contributed by atoms with Crippen LogP contribution in [0.5, 0.6) is 0 Å². The highest BCUT2D eigenvalue weighted by Gasteiger charge is 2.11. The van der Waals surface area contributed by atoms with Crippen LogP contribution in [0.1, 0.15) is 5.56 Å². The molecule has 0 saturated heterocycles. The summed E-state index contributed by atoms with van der Waals surface area (Å²) in [5.74, 6) is 1.04. The van der Waals surface area contributed by atoms with E-state index in [2.05, 4.69) is 25.4 Å². The van der Waals surface area contributed by atoms with Crippen LogP contribution in [-0.4, -0.2) is 31.3 Å². The van der Waals surface area contributed by atoms with Crippen molar-refractivity contribution in [1.82, 2.24) is 24.7 Å². The van der Waals surface area contributed by atoms with E-state index in [1.165, 1.54) is 11.0 Å². The van der Waals surface area contributed by atoms with E-state index >= 15 is 0 Å². The number of pyridine rings is 1. The van der Waals surface area contributed by atoms with Gasteiger partial charge in [-0.1, -0.05) is 35.3 Å². The van der Waals surface area contributed by atoms with E-state index in [9.17, 15) is 4.79 Å². The minimum absolute atomic E-state index is 0.212. The molecule has 4 aromatic rings. The van der Waals surface area contributed by atoms with E-state index in [0.717, 1.165) is 11.1 Å². The lowest BCUT2D eigenvalue weighted by molar-refractivity contribution is 0.812. The van der Waals surface area contributed by atoms with Crippen LogP contribution >= 0.6 is 23.2 Å². The zero-order valence-corrected chi connectivity index (χ0v) is 16.7. The number of rotatable bonds is 6. The van der Waals surface area contributed by atoms with E-state index in [0.29, 0.717) is 40.2 Å². The van der Waals surface area contributed by atoms with Crippen LogP contribution in [0.2, 0.25) is 10.0 Å². The van der Waals surface area contributed by atoms with Crippen molar-refractivity contribution < 1.29 is 0 Å². The van der Waals surface area contributed by atoms with Gasteiger partial charge in [-0.25, -0.2) is 14.6 Å². The number of hydrogen-bond acceptors (Lipinski definition) is 5. The maximum absolute atomic E-state index is 12.7. The molecule has 1 aromatic carbocycles. The molecule has 7 nitrogen and oxygen atoms in total. The first-order valence-corrected chi connectivity index (χ1v) is 9.58. The fourth-order valence-corrected chi connectivity index (χ4v) is 3.39. The molecular formula is C20H16Cl2N6O. The van der Waals surface area contributed by atoms with E-state index in [1.807, 2.05) is 18.2 Å². The molecule has 0 fully saturated rings. The third-order valence-electron chi connectivity index (χ3n) is 4.34. The Kier molecular flexibility index (Phi) is 5.59. The van der Waals surface area contributed by atoms with Gasteiger partial charge in [0.25, 0.3) is 5.56 Å². The summed E-state index contributed by atoms with van der Waals surface area (Å²) in [6, 6.07) is 10.7. The Morgan fingerprint density at radius 1 is 1.14 bits per heavy atom. The quantitative estimate of drug-likeness (QED) is 0.486. The molecule has 2 N–H and O–H groups in total. The number of benzene rings is 1. The van der Waals surface area contributed by atoms with Crippen molar-refractivity contribution in [3.05, 3.63) is 87.3 Å². The molecule has 0 radical (unpaired) electrons. The summed E-state index contributed by atoms with van der Waals surface area (Å²) in [6.45, 7) is 0.609. The molecule has 0 aliphatic rings. The van der Waals surface area contributed by atoms with Crippen LogP contribution in [0.15, 0.2) is 66.1 Å². The third kappa shape index (κ3) is 4.31. The van der Waals surface area contributed by atoms with Gasteiger partial charge < -0.3 is 5.32 Å². The monoisotopic (exact) mass is 426 g/mol. The summed E-state index contributed by atoms with van der Waals surface area (Å²) in [6.07, 6.45) is 7.04. The Morgan fingerprint density at radius 2 is 2.03 bits per heavy atom. The van der Waals surface area contributed by atoms with Gasteiger partial charge in [0.1, 0.15) is 12.1 Å². The maximum atomic E-state index is 12.7. The minimum atomic E-state index is -0.212. The molecule has 0 amide bonds. The van der Waals surface area contributed by atoms with Gasteiger partial charge in [-0.3, -0.25) is 14.9 Å². The van der Waals surface area contributed by atoms with Gasteiger partial charge in [0.05, 0.1) is 5.56 Å². The Bertz CT molecular complexity index is 1190. The Hall–Kier alpha value is -3.16. The number of hydrogen-bond donors (Lipinski definition) is 2. The molecule has 0 spiro atoms. The van der Waals surface area contributed by atoms with E-state index in [1.54, 1.807) is 36.8 Å². The Morgan fingerprint density at radius 3 is 2.83 bits per heavy atom. The highest BCUT2D eigenvalue weighted by Crippen LogP contribution is 2.21. The largest absolute Gasteiger partial charge is 0.370 e. The smallest absolute Gasteiger partial charge is 0.280 e. The first kappa shape index (κ1) is 19.2. The fraction of sp³-hybridized carbons (Fsp3) is 0.100. The zero-order valence-electron chi connectivity index (χ0n) is 15.1. The minimum Gasteiger partial charge on any atom is -0.370 e. The third-order valence-corrected chi connectivity index (χ3v) is 4.93. The lowest BCUT2D eigenvalue weighted by Crippen LogP contribution is -2.17. The van der Waals surface area contributed by atoms with Gasteiger partial charge in [-0.15, -0.1) is 0 Å². The lowest BCUT2D eigenvalue weighted by atomic mass is 10.1. The molecule has 0 unspecified atom stereocenters. The van der Waals surface area contributed by atoms with Crippen molar-refractivity contribution in [2.45, 2.75) is 6.42 Å². The standard InChI is InChI=1S/C20H16Cl2N6O/c21-15-4-3-13(17(22)8-15)5-7-24-18-9-19(26-12-25-18)28-20(29)16(11-27-28)14-2-1-6-23-10-14/h1-4,6,8-12,27H,5,7H2,(H,24,25,26). The van der Waals surface area contributed by atoms with E-state index in [-0.39, 0.29) is 5.56 Å². The number of halogens is 2.